The van der Waals surface area contributed by atoms with E-state index in [2.05, 4.69) is 0 Å². The van der Waals surface area contributed by atoms with Gasteiger partial charge in [-0.25, -0.2) is 4.79 Å². The molecule has 1 aromatic heterocycles. The van der Waals surface area contributed by atoms with Gasteiger partial charge >= 0.3 is 17.9 Å². The first-order valence-corrected chi connectivity index (χ1v) is 20.7. The zero-order valence-corrected chi connectivity index (χ0v) is 37.0. The normalized spacial score (nSPS) is 25.7. The smallest absolute Gasteiger partial charge is 0.331 e. The fourth-order valence-electron chi connectivity index (χ4n) is 7.97. The van der Waals surface area contributed by atoms with Gasteiger partial charge in [0.1, 0.15) is 84.2 Å². The quantitative estimate of drug-likeness (QED) is 0.0509. The number of hydrogen-bond acceptors (Lipinski definition) is 23. The van der Waals surface area contributed by atoms with Crippen LogP contribution in [0.15, 0.2) is 51.7 Å². The van der Waals surface area contributed by atoms with Gasteiger partial charge in [0.2, 0.25) is 5.75 Å². The third-order valence-corrected chi connectivity index (χ3v) is 11.4. The van der Waals surface area contributed by atoms with Crippen molar-refractivity contribution in [1.29, 1.82) is 0 Å². The number of aliphatic hydroxyl groups is 7. The Balaban J connectivity index is 1.51. The van der Waals surface area contributed by atoms with E-state index in [9.17, 15) is 75.3 Å². The Hall–Kier alpha value is -6.74. The maximum atomic E-state index is 14.3. The van der Waals surface area contributed by atoms with Crippen LogP contribution in [0.25, 0.3) is 28.4 Å². The van der Waals surface area contributed by atoms with Crippen LogP contribution < -0.4 is 19.6 Å². The Morgan fingerprint density at radius 1 is 0.739 bits per heavy atom. The summed E-state index contributed by atoms with van der Waals surface area (Å²) >= 11 is 0. The van der Waals surface area contributed by atoms with Crippen molar-refractivity contribution in [3.8, 4) is 51.6 Å². The Bertz CT molecular complexity index is 2630. The Labute approximate surface area is 389 Å². The van der Waals surface area contributed by atoms with Crippen molar-refractivity contribution in [3.63, 3.8) is 0 Å². The molecule has 3 heterocycles. The number of ether oxygens (including phenoxy) is 7. The van der Waals surface area contributed by atoms with Gasteiger partial charge in [-0.05, 0) is 48.9 Å². The Morgan fingerprint density at radius 2 is 1.36 bits per heavy atom. The SMILES string of the molecule is COc1cc(-c2cc(=O)c3c(O)c([C@@H]4O[C@H](CO)[C@@H](O)[C@H](O)[C@H]4OC(=O)/C=C/c4cc(OC)c(O)c(OC)c4)c(O)c([C@@H]4O[C@H](COC(=O)CC(C)(O)CC(=O)O)[C@@H](O)[C@H](O)[C@H]4O)c3o2)ccc1O. The van der Waals surface area contributed by atoms with Crippen LogP contribution in [0.1, 0.15) is 48.7 Å². The number of aliphatic carboxylic acids is 1. The summed E-state index contributed by atoms with van der Waals surface area (Å²) in [6, 6.07) is 7.22. The topological polar surface area (TPSA) is 389 Å². The lowest BCUT2D eigenvalue weighted by molar-refractivity contribution is -0.240. The molecule has 4 aromatic rings. The molecular weight excluding hydrogens is 924 g/mol. The second-order valence-corrected chi connectivity index (χ2v) is 16.4. The second kappa shape index (κ2) is 20.9. The lowest BCUT2D eigenvalue weighted by atomic mass is 9.85. The van der Waals surface area contributed by atoms with Crippen LogP contribution in [0.4, 0.5) is 0 Å². The number of hydrogen-bond donors (Lipinski definition) is 12. The molecule has 24 heteroatoms. The van der Waals surface area contributed by atoms with Crippen LogP contribution in [0, 0.1) is 0 Å². The van der Waals surface area contributed by atoms with E-state index in [4.69, 9.17) is 42.7 Å². The number of methoxy groups -OCH3 is 3. The van der Waals surface area contributed by atoms with Crippen LogP contribution in [0.5, 0.6) is 40.2 Å². The van der Waals surface area contributed by atoms with E-state index in [0.717, 1.165) is 19.1 Å². The average molecular weight is 975 g/mol. The highest BCUT2D eigenvalue weighted by molar-refractivity contribution is 5.92. The summed E-state index contributed by atoms with van der Waals surface area (Å²) in [7, 11) is 3.75. The van der Waals surface area contributed by atoms with Crippen molar-refractivity contribution in [2.45, 2.75) is 86.4 Å². The highest BCUT2D eigenvalue weighted by atomic mass is 16.6. The lowest BCUT2D eigenvalue weighted by Gasteiger charge is -2.43. The molecule has 374 valence electrons. The zero-order valence-electron chi connectivity index (χ0n) is 37.0. The summed E-state index contributed by atoms with van der Waals surface area (Å²) in [6.07, 6.45) is -20.4. The van der Waals surface area contributed by atoms with Gasteiger partial charge in [0.15, 0.2) is 40.1 Å². The number of carboxylic acid groups (broad SMARTS) is 1. The average Bonchev–Trinajstić information content (AvgIpc) is 3.29. The van der Waals surface area contributed by atoms with Gasteiger partial charge < -0.3 is 98.9 Å². The van der Waals surface area contributed by atoms with Crippen LogP contribution in [-0.4, -0.2) is 168 Å². The van der Waals surface area contributed by atoms with Crippen LogP contribution in [-0.2, 0) is 33.3 Å². The molecule has 0 aliphatic carbocycles. The number of fused-ring (bicyclic) bond motifs is 1. The van der Waals surface area contributed by atoms with Crippen molar-refractivity contribution < 1.29 is 113 Å². The van der Waals surface area contributed by atoms with E-state index in [1.807, 2.05) is 0 Å². The monoisotopic (exact) mass is 974 g/mol. The molecule has 1 unspecified atom stereocenters. The molecule has 2 fully saturated rings. The minimum Gasteiger partial charge on any atom is -0.507 e. The minimum absolute atomic E-state index is 0.0437. The largest absolute Gasteiger partial charge is 0.507 e. The lowest BCUT2D eigenvalue weighted by Crippen LogP contribution is -2.56. The molecule has 0 radical (unpaired) electrons. The van der Waals surface area contributed by atoms with Crippen molar-refractivity contribution >= 4 is 35.0 Å². The predicted octanol–water partition coefficient (Wildman–Crippen LogP) is -0.231. The van der Waals surface area contributed by atoms with Crippen LogP contribution in [0.2, 0.25) is 0 Å². The first-order chi connectivity index (χ1) is 32.5. The number of phenols is 4. The first-order valence-electron chi connectivity index (χ1n) is 20.7. The van der Waals surface area contributed by atoms with Gasteiger partial charge in [0.25, 0.3) is 0 Å². The Kier molecular flexibility index (Phi) is 15.6. The maximum Gasteiger partial charge on any atom is 0.331 e. The van der Waals surface area contributed by atoms with Crippen molar-refractivity contribution in [1.82, 2.24) is 0 Å². The molecule has 2 aliphatic rings. The predicted molar refractivity (Wildman–Crippen MR) is 230 cm³/mol. The van der Waals surface area contributed by atoms with E-state index in [-0.39, 0.29) is 45.6 Å². The summed E-state index contributed by atoms with van der Waals surface area (Å²) < 4.78 is 44.1. The number of benzene rings is 3. The van der Waals surface area contributed by atoms with E-state index < -0.39 is 150 Å². The third-order valence-electron chi connectivity index (χ3n) is 11.4. The molecule has 3 aromatic carbocycles. The summed E-state index contributed by atoms with van der Waals surface area (Å²) in [4.78, 5) is 51.7. The summed E-state index contributed by atoms with van der Waals surface area (Å²) in [5, 5.41) is 130. The maximum absolute atomic E-state index is 14.3. The molecule has 11 atom stereocenters. The van der Waals surface area contributed by atoms with E-state index >= 15 is 0 Å². The van der Waals surface area contributed by atoms with Crippen molar-refractivity contribution in [3.05, 3.63) is 69.4 Å². The van der Waals surface area contributed by atoms with Gasteiger partial charge in [-0.2, -0.15) is 0 Å². The fourth-order valence-corrected chi connectivity index (χ4v) is 7.97. The standard InChI is InChI=1S/C45H50O24/c1-45(61,13-27(49)50)14-29(52)65-16-26-35(55)38(58)40(60)42(68-26)32-37(57)31(36(56)30-20(48)12-21(66-41(30)32)18-6-7-19(47)22(11-18)62-2)43-44(39(59)34(54)25(15-46)67-43)69-28(51)8-5-17-9-23(63-3)33(53)24(10-17)64-4/h5-12,25-26,34-35,38-40,42-44,46-47,53-61H,13-16H2,1-4H3,(H,49,50)/b8-5+/t25-,26-,34-,35-,38+,39+,40-,42+,43+,44-,45?/m1/s1. The van der Waals surface area contributed by atoms with Crippen molar-refractivity contribution in [2.75, 3.05) is 34.5 Å². The van der Waals surface area contributed by atoms with Crippen LogP contribution in [0.3, 0.4) is 0 Å². The van der Waals surface area contributed by atoms with Gasteiger partial charge in [-0.1, -0.05) is 0 Å². The van der Waals surface area contributed by atoms with Gasteiger partial charge in [-0.15, -0.1) is 0 Å². The molecule has 0 bridgehead atoms. The molecule has 6 rings (SSSR count). The number of esters is 2. The van der Waals surface area contributed by atoms with Crippen molar-refractivity contribution in [2.24, 2.45) is 0 Å². The van der Waals surface area contributed by atoms with Crippen LogP contribution >= 0.6 is 0 Å². The highest BCUT2D eigenvalue weighted by Gasteiger charge is 2.52. The number of aliphatic hydroxyl groups excluding tert-OH is 6. The molecule has 2 saturated heterocycles. The Morgan fingerprint density at radius 3 is 1.97 bits per heavy atom. The molecule has 69 heavy (non-hydrogen) atoms. The number of phenolic OH excluding ortho intramolecular Hbond substituents is 4. The van der Waals surface area contributed by atoms with E-state index in [1.54, 1.807) is 0 Å². The summed E-state index contributed by atoms with van der Waals surface area (Å²) in [5.41, 5.74) is -5.34. The van der Waals surface area contributed by atoms with E-state index in [0.29, 0.717) is 0 Å². The summed E-state index contributed by atoms with van der Waals surface area (Å²) in [5.74, 6) is -7.43. The van der Waals surface area contributed by atoms with Gasteiger partial charge in [0, 0.05) is 17.7 Å². The number of aromatic hydroxyl groups is 4. The number of rotatable bonds is 16. The number of carbonyl (C=O) groups excluding carboxylic acids is 2. The molecule has 2 aliphatic heterocycles. The molecule has 0 amide bonds. The summed E-state index contributed by atoms with van der Waals surface area (Å²) in [6.45, 7) is -0.923. The first kappa shape index (κ1) is 51.6. The zero-order chi connectivity index (χ0) is 50.8. The second-order valence-electron chi connectivity index (χ2n) is 16.4. The fraction of sp³-hybridized carbons (Fsp3) is 0.422. The third kappa shape index (κ3) is 10.6. The molecular formula is C45H50O24. The molecule has 12 N–H and O–H groups in total. The highest BCUT2D eigenvalue weighted by Crippen LogP contribution is 2.52. The van der Waals surface area contributed by atoms with E-state index in [1.165, 1.54) is 57.7 Å². The van der Waals surface area contributed by atoms with Gasteiger partial charge in [0.05, 0.1) is 57.5 Å². The molecule has 24 nitrogen and oxygen atoms in total. The molecule has 0 saturated carbocycles. The minimum atomic E-state index is -2.28. The number of carboxylic acids is 1. The number of carbonyl (C=O) groups is 3. The van der Waals surface area contributed by atoms with Gasteiger partial charge in [-0.3, -0.25) is 14.4 Å². The molecule has 0 spiro atoms.